The third kappa shape index (κ3) is 3.23. The first-order valence-corrected chi connectivity index (χ1v) is 7.94. The van der Waals surface area contributed by atoms with Crippen molar-refractivity contribution < 1.29 is 9.26 Å². The van der Waals surface area contributed by atoms with Gasteiger partial charge in [0.25, 0.3) is 5.89 Å². The third-order valence-corrected chi connectivity index (χ3v) is 3.75. The molecule has 4 aromatic rings. The van der Waals surface area contributed by atoms with Gasteiger partial charge in [-0.2, -0.15) is 4.98 Å². The van der Waals surface area contributed by atoms with Crippen molar-refractivity contribution in [2.24, 2.45) is 0 Å². The average Bonchev–Trinajstić information content (AvgIpc) is 3.20. The summed E-state index contributed by atoms with van der Waals surface area (Å²) in [7, 11) is 1.63. The molecular weight excluding hydrogens is 330 g/mol. The number of hydrogen-bond acceptors (Lipinski definition) is 7. The fraction of sp³-hybridized carbons (Fsp3) is 0.0526. The summed E-state index contributed by atoms with van der Waals surface area (Å²) in [6.07, 6.45) is 3.10. The molecule has 0 saturated heterocycles. The average molecular weight is 345 g/mol. The van der Waals surface area contributed by atoms with Crippen LogP contribution in [-0.2, 0) is 0 Å². The number of anilines is 2. The molecule has 0 bridgehead atoms. The van der Waals surface area contributed by atoms with Crippen LogP contribution in [0, 0.1) is 0 Å². The van der Waals surface area contributed by atoms with Crippen molar-refractivity contribution in [3.63, 3.8) is 0 Å². The van der Waals surface area contributed by atoms with Crippen LogP contribution < -0.4 is 10.1 Å². The van der Waals surface area contributed by atoms with Gasteiger partial charge in [-0.3, -0.25) is 0 Å². The van der Waals surface area contributed by atoms with Gasteiger partial charge < -0.3 is 14.6 Å². The molecule has 2 heterocycles. The maximum Gasteiger partial charge on any atom is 0.263 e. The number of benzene rings is 2. The molecule has 0 aliphatic rings. The van der Waals surface area contributed by atoms with Crippen molar-refractivity contribution in [2.75, 3.05) is 12.4 Å². The Morgan fingerprint density at radius 2 is 1.81 bits per heavy atom. The molecule has 0 aliphatic carbocycles. The first-order valence-electron chi connectivity index (χ1n) is 7.94. The Hall–Kier alpha value is -3.74. The van der Waals surface area contributed by atoms with E-state index in [9.17, 15) is 0 Å². The predicted octanol–water partition coefficient (Wildman–Crippen LogP) is 3.95. The van der Waals surface area contributed by atoms with Crippen LogP contribution in [0.4, 0.5) is 11.5 Å². The van der Waals surface area contributed by atoms with Crippen LogP contribution in [0.1, 0.15) is 0 Å². The third-order valence-electron chi connectivity index (χ3n) is 3.75. The standard InChI is InChI=1S/C19H15N5O2/c1-25-15-9-7-14(8-10-15)22-18-16(11-20-12-21-18)19-23-17(24-26-19)13-5-3-2-4-6-13/h2-12H,1H3,(H,20,21,22). The molecule has 0 amide bonds. The number of methoxy groups -OCH3 is 1. The van der Waals surface area contributed by atoms with E-state index in [1.807, 2.05) is 54.6 Å². The van der Waals surface area contributed by atoms with Crippen molar-refractivity contribution in [2.45, 2.75) is 0 Å². The molecule has 0 saturated carbocycles. The summed E-state index contributed by atoms with van der Waals surface area (Å²) in [4.78, 5) is 12.8. The van der Waals surface area contributed by atoms with E-state index in [2.05, 4.69) is 25.4 Å². The van der Waals surface area contributed by atoms with E-state index in [1.54, 1.807) is 13.3 Å². The Morgan fingerprint density at radius 3 is 2.58 bits per heavy atom. The van der Waals surface area contributed by atoms with Crippen LogP contribution in [-0.4, -0.2) is 27.2 Å². The number of aromatic nitrogens is 4. The zero-order valence-electron chi connectivity index (χ0n) is 14.0. The molecule has 4 rings (SSSR count). The molecule has 26 heavy (non-hydrogen) atoms. The van der Waals surface area contributed by atoms with Crippen LogP contribution in [0.3, 0.4) is 0 Å². The van der Waals surface area contributed by atoms with Crippen molar-refractivity contribution in [3.8, 4) is 28.6 Å². The maximum atomic E-state index is 5.42. The van der Waals surface area contributed by atoms with Crippen LogP contribution >= 0.6 is 0 Å². The van der Waals surface area contributed by atoms with Gasteiger partial charge in [-0.15, -0.1) is 0 Å². The highest BCUT2D eigenvalue weighted by Gasteiger charge is 2.15. The number of rotatable bonds is 5. The summed E-state index contributed by atoms with van der Waals surface area (Å²) in [5.74, 6) is 2.22. The van der Waals surface area contributed by atoms with Gasteiger partial charge in [-0.1, -0.05) is 35.5 Å². The highest BCUT2D eigenvalue weighted by Crippen LogP contribution is 2.28. The SMILES string of the molecule is COc1ccc(Nc2ncncc2-c2nc(-c3ccccc3)no2)cc1. The minimum Gasteiger partial charge on any atom is -0.497 e. The number of nitrogens with one attached hydrogen (secondary N) is 1. The highest BCUT2D eigenvalue weighted by molar-refractivity contribution is 5.73. The fourth-order valence-corrected chi connectivity index (χ4v) is 2.43. The molecule has 0 unspecified atom stereocenters. The van der Waals surface area contributed by atoms with Gasteiger partial charge in [-0.25, -0.2) is 9.97 Å². The molecule has 0 aliphatic heterocycles. The molecule has 2 aromatic carbocycles. The van der Waals surface area contributed by atoms with E-state index >= 15 is 0 Å². The quantitative estimate of drug-likeness (QED) is 0.586. The molecule has 0 fully saturated rings. The van der Waals surface area contributed by atoms with Gasteiger partial charge in [0.1, 0.15) is 23.5 Å². The summed E-state index contributed by atoms with van der Waals surface area (Å²) in [6, 6.07) is 17.2. The maximum absolute atomic E-state index is 5.42. The van der Waals surface area contributed by atoms with Crippen LogP contribution in [0.5, 0.6) is 5.75 Å². The van der Waals surface area contributed by atoms with E-state index in [0.717, 1.165) is 17.0 Å². The van der Waals surface area contributed by atoms with Crippen molar-refractivity contribution in [1.82, 2.24) is 20.1 Å². The van der Waals surface area contributed by atoms with E-state index in [0.29, 0.717) is 23.1 Å². The van der Waals surface area contributed by atoms with Crippen LogP contribution in [0.25, 0.3) is 22.8 Å². The first-order chi connectivity index (χ1) is 12.8. The van der Waals surface area contributed by atoms with Gasteiger partial charge in [-0.05, 0) is 24.3 Å². The van der Waals surface area contributed by atoms with E-state index in [4.69, 9.17) is 9.26 Å². The smallest absolute Gasteiger partial charge is 0.263 e. The molecule has 2 aromatic heterocycles. The zero-order chi connectivity index (χ0) is 17.8. The molecule has 0 radical (unpaired) electrons. The van der Waals surface area contributed by atoms with Gasteiger partial charge in [0, 0.05) is 17.4 Å². The van der Waals surface area contributed by atoms with E-state index < -0.39 is 0 Å². The van der Waals surface area contributed by atoms with Gasteiger partial charge in [0.15, 0.2) is 0 Å². The van der Waals surface area contributed by atoms with Crippen LogP contribution in [0.15, 0.2) is 71.6 Å². The van der Waals surface area contributed by atoms with E-state index in [1.165, 1.54) is 6.33 Å². The van der Waals surface area contributed by atoms with Gasteiger partial charge in [0.05, 0.1) is 7.11 Å². The van der Waals surface area contributed by atoms with Crippen LogP contribution in [0.2, 0.25) is 0 Å². The van der Waals surface area contributed by atoms with Crippen molar-refractivity contribution in [1.29, 1.82) is 0 Å². The Balaban J connectivity index is 1.64. The Kier molecular flexibility index (Phi) is 4.26. The van der Waals surface area contributed by atoms with Gasteiger partial charge >= 0.3 is 0 Å². The number of nitrogens with zero attached hydrogens (tertiary/aromatic N) is 4. The minimum absolute atomic E-state index is 0.348. The molecule has 0 atom stereocenters. The summed E-state index contributed by atoms with van der Waals surface area (Å²) in [5, 5.41) is 7.28. The molecule has 0 spiro atoms. The summed E-state index contributed by atoms with van der Waals surface area (Å²) in [5.41, 5.74) is 2.36. The molecule has 1 N–H and O–H groups in total. The first kappa shape index (κ1) is 15.8. The lowest BCUT2D eigenvalue weighted by atomic mass is 10.2. The van der Waals surface area contributed by atoms with Crippen molar-refractivity contribution >= 4 is 11.5 Å². The lowest BCUT2D eigenvalue weighted by molar-refractivity contribution is 0.415. The molecule has 128 valence electrons. The summed E-state index contributed by atoms with van der Waals surface area (Å²) >= 11 is 0. The second kappa shape index (κ2) is 7.02. The van der Waals surface area contributed by atoms with Crippen molar-refractivity contribution in [3.05, 3.63) is 67.1 Å². The molecule has 7 nitrogen and oxygen atoms in total. The summed E-state index contributed by atoms with van der Waals surface area (Å²) < 4.78 is 10.6. The molecular formula is C19H15N5O2. The second-order valence-electron chi connectivity index (χ2n) is 5.43. The monoisotopic (exact) mass is 345 g/mol. The Morgan fingerprint density at radius 1 is 1.00 bits per heavy atom. The summed E-state index contributed by atoms with van der Waals surface area (Å²) in [6.45, 7) is 0. The predicted molar refractivity (Wildman–Crippen MR) is 97.0 cm³/mol. The van der Waals surface area contributed by atoms with E-state index in [-0.39, 0.29) is 0 Å². The minimum atomic E-state index is 0.348. The topological polar surface area (TPSA) is 86.0 Å². The Labute approximate surface area is 149 Å². The zero-order valence-corrected chi connectivity index (χ0v) is 14.0. The molecule has 7 heteroatoms. The normalized spacial score (nSPS) is 10.5. The van der Waals surface area contributed by atoms with Gasteiger partial charge in [0.2, 0.25) is 5.82 Å². The Bertz CT molecular complexity index is 1000. The number of hydrogen-bond donors (Lipinski definition) is 1. The number of ether oxygens (including phenoxy) is 1. The lowest BCUT2D eigenvalue weighted by Crippen LogP contribution is -1.97. The highest BCUT2D eigenvalue weighted by atomic mass is 16.5. The second-order valence-corrected chi connectivity index (χ2v) is 5.43. The largest absolute Gasteiger partial charge is 0.497 e. The fourth-order valence-electron chi connectivity index (χ4n) is 2.43. The lowest BCUT2D eigenvalue weighted by Gasteiger charge is -2.08.